The molecule has 0 amide bonds. The summed E-state index contributed by atoms with van der Waals surface area (Å²) >= 11 is 6.09. The molecule has 0 bridgehead atoms. The zero-order chi connectivity index (χ0) is 18.4. The molecule has 0 aliphatic rings. The third kappa shape index (κ3) is 6.20. The van der Waals surface area contributed by atoms with Crippen LogP contribution in [0.3, 0.4) is 0 Å². The molecule has 1 N–H and O–H groups in total. The fraction of sp³-hybridized carbons (Fsp3) is 0.278. The van der Waals surface area contributed by atoms with E-state index in [1.54, 1.807) is 25.1 Å². The molecular formula is C18H21ClNO4P. The molecule has 7 heteroatoms. The normalized spacial score (nSPS) is 14.4. The van der Waals surface area contributed by atoms with Crippen LogP contribution >= 0.6 is 19.1 Å². The van der Waals surface area contributed by atoms with Gasteiger partial charge < -0.3 is 9.26 Å². The van der Waals surface area contributed by atoms with E-state index >= 15 is 0 Å². The molecule has 0 aromatic heterocycles. The number of carbonyl (C=O) groups excluding carboxylic acids is 1. The second-order valence-corrected chi connectivity index (χ2v) is 8.35. The summed E-state index contributed by atoms with van der Waals surface area (Å²) in [5.74, 6) is -0.208. The molecule has 5 nitrogen and oxygen atoms in total. The van der Waals surface area contributed by atoms with E-state index in [1.165, 1.54) is 6.66 Å². The monoisotopic (exact) mass is 381 g/mol. The van der Waals surface area contributed by atoms with Crippen LogP contribution in [-0.2, 0) is 20.7 Å². The van der Waals surface area contributed by atoms with Crippen LogP contribution in [0, 0.1) is 6.92 Å². The smallest absolute Gasteiger partial charge is 0.323 e. The second-order valence-electron chi connectivity index (χ2n) is 5.82. The van der Waals surface area contributed by atoms with E-state index in [9.17, 15) is 9.36 Å². The van der Waals surface area contributed by atoms with E-state index in [4.69, 9.17) is 20.9 Å². The van der Waals surface area contributed by atoms with Gasteiger partial charge in [-0.15, -0.1) is 0 Å². The lowest BCUT2D eigenvalue weighted by Gasteiger charge is -2.21. The van der Waals surface area contributed by atoms with Gasteiger partial charge in [0.2, 0.25) is 0 Å². The van der Waals surface area contributed by atoms with Crippen molar-refractivity contribution in [3.8, 4) is 5.75 Å². The Labute approximate surface area is 152 Å². The van der Waals surface area contributed by atoms with Gasteiger partial charge in [0.25, 0.3) is 0 Å². The summed E-state index contributed by atoms with van der Waals surface area (Å²) in [4.78, 5) is 12.1. The predicted octanol–water partition coefficient (Wildman–Crippen LogP) is 4.57. The van der Waals surface area contributed by atoms with Crippen LogP contribution in [0.1, 0.15) is 18.1 Å². The molecule has 0 saturated carbocycles. The molecule has 2 aromatic carbocycles. The summed E-state index contributed by atoms with van der Waals surface area (Å²) in [5.41, 5.74) is 1.85. The number of halogens is 1. The van der Waals surface area contributed by atoms with Crippen LogP contribution in [0.15, 0.2) is 48.5 Å². The Morgan fingerprint density at radius 3 is 2.56 bits per heavy atom. The number of aryl methyl sites for hydroxylation is 1. The summed E-state index contributed by atoms with van der Waals surface area (Å²) in [6, 6.07) is 13.7. The second kappa shape index (κ2) is 8.52. The first kappa shape index (κ1) is 19.5. The molecule has 2 atom stereocenters. The van der Waals surface area contributed by atoms with Crippen LogP contribution in [0.25, 0.3) is 0 Å². The zero-order valence-corrected chi connectivity index (χ0v) is 16.0. The van der Waals surface area contributed by atoms with Crippen molar-refractivity contribution in [3.63, 3.8) is 0 Å². The topological polar surface area (TPSA) is 64.6 Å². The number of hydrogen-bond acceptors (Lipinski definition) is 4. The van der Waals surface area contributed by atoms with Gasteiger partial charge in [0.05, 0.1) is 5.02 Å². The first-order chi connectivity index (χ1) is 11.8. The molecule has 25 heavy (non-hydrogen) atoms. The first-order valence-electron chi connectivity index (χ1n) is 7.78. The highest BCUT2D eigenvalue weighted by Crippen LogP contribution is 2.42. The standard InChI is InChI=1S/C18H21ClNO4P/c1-13-9-10-17(16(19)11-13)24-25(3,22)20-14(2)18(21)23-12-15-7-5-4-6-8-15/h4-11,14H,12H2,1-3H3,(H,20,22)/t14-,25?/m0/s1. The summed E-state index contributed by atoms with van der Waals surface area (Å²) < 4.78 is 23.3. The van der Waals surface area contributed by atoms with E-state index in [2.05, 4.69) is 5.09 Å². The Balaban J connectivity index is 1.92. The highest BCUT2D eigenvalue weighted by atomic mass is 35.5. The molecule has 0 spiro atoms. The number of hydrogen-bond donors (Lipinski definition) is 1. The van der Waals surface area contributed by atoms with Crippen molar-refractivity contribution >= 4 is 25.1 Å². The average molecular weight is 382 g/mol. The summed E-state index contributed by atoms with van der Waals surface area (Å²) in [5, 5.41) is 3.05. The quantitative estimate of drug-likeness (QED) is 0.562. The van der Waals surface area contributed by atoms with E-state index in [0.717, 1.165) is 11.1 Å². The largest absolute Gasteiger partial charge is 0.460 e. The summed E-state index contributed by atoms with van der Waals surface area (Å²) in [7, 11) is -3.30. The molecule has 0 saturated heterocycles. The van der Waals surface area contributed by atoms with Gasteiger partial charge in [-0.2, -0.15) is 0 Å². The minimum atomic E-state index is -3.30. The Kier molecular flexibility index (Phi) is 6.65. The van der Waals surface area contributed by atoms with E-state index in [1.807, 2.05) is 37.3 Å². The third-order valence-electron chi connectivity index (χ3n) is 3.37. The van der Waals surface area contributed by atoms with Crippen molar-refractivity contribution in [2.45, 2.75) is 26.5 Å². The molecule has 0 fully saturated rings. The minimum absolute atomic E-state index is 0.157. The molecular weight excluding hydrogens is 361 g/mol. The number of rotatable bonds is 7. The molecule has 1 unspecified atom stereocenters. The highest BCUT2D eigenvalue weighted by molar-refractivity contribution is 7.56. The van der Waals surface area contributed by atoms with E-state index in [0.29, 0.717) is 10.8 Å². The Morgan fingerprint density at radius 2 is 1.92 bits per heavy atom. The highest BCUT2D eigenvalue weighted by Gasteiger charge is 2.26. The lowest BCUT2D eigenvalue weighted by atomic mass is 10.2. The minimum Gasteiger partial charge on any atom is -0.460 e. The zero-order valence-electron chi connectivity index (χ0n) is 14.4. The van der Waals surface area contributed by atoms with Crippen molar-refractivity contribution in [2.75, 3.05) is 6.66 Å². The molecule has 2 aromatic rings. The molecule has 0 aliphatic carbocycles. The first-order valence-corrected chi connectivity index (χ1v) is 10.2. The van der Waals surface area contributed by atoms with Crippen molar-refractivity contribution < 1.29 is 18.6 Å². The molecule has 0 radical (unpaired) electrons. The fourth-order valence-corrected chi connectivity index (χ4v) is 3.88. The number of nitrogens with one attached hydrogen (secondary N) is 1. The Bertz CT molecular complexity index is 782. The summed E-state index contributed by atoms with van der Waals surface area (Å²) in [6.07, 6.45) is 0. The number of benzene rings is 2. The molecule has 2 rings (SSSR count). The van der Waals surface area contributed by atoms with Crippen LogP contribution in [0.5, 0.6) is 5.75 Å². The third-order valence-corrected chi connectivity index (χ3v) is 5.06. The maximum Gasteiger partial charge on any atom is 0.323 e. The number of ether oxygens (including phenoxy) is 1. The van der Waals surface area contributed by atoms with Gasteiger partial charge in [0, 0.05) is 6.66 Å². The van der Waals surface area contributed by atoms with Crippen LogP contribution in [0.4, 0.5) is 0 Å². The van der Waals surface area contributed by atoms with Gasteiger partial charge in [-0.3, -0.25) is 9.36 Å². The van der Waals surface area contributed by atoms with E-state index in [-0.39, 0.29) is 6.61 Å². The number of carbonyl (C=O) groups is 1. The molecule has 134 valence electrons. The maximum absolute atomic E-state index is 12.6. The predicted molar refractivity (Wildman–Crippen MR) is 99.2 cm³/mol. The van der Waals surface area contributed by atoms with Crippen molar-refractivity contribution in [1.82, 2.24) is 5.09 Å². The Hall–Kier alpha value is -1.81. The van der Waals surface area contributed by atoms with Gasteiger partial charge in [0.1, 0.15) is 18.4 Å². The van der Waals surface area contributed by atoms with Gasteiger partial charge in [0.15, 0.2) is 0 Å². The van der Waals surface area contributed by atoms with Gasteiger partial charge in [-0.05, 0) is 37.1 Å². The average Bonchev–Trinajstić information content (AvgIpc) is 2.55. The van der Waals surface area contributed by atoms with Crippen molar-refractivity contribution in [3.05, 3.63) is 64.7 Å². The lowest BCUT2D eigenvalue weighted by Crippen LogP contribution is -2.34. The SMILES string of the molecule is Cc1ccc(OP(C)(=O)N[C@@H](C)C(=O)OCc2ccccc2)c(Cl)c1. The van der Waals surface area contributed by atoms with Crippen LogP contribution in [-0.4, -0.2) is 18.7 Å². The van der Waals surface area contributed by atoms with Crippen LogP contribution in [0.2, 0.25) is 5.02 Å². The fourth-order valence-electron chi connectivity index (χ4n) is 2.15. The molecule has 0 heterocycles. The van der Waals surface area contributed by atoms with Gasteiger partial charge >= 0.3 is 13.5 Å². The maximum atomic E-state index is 12.6. The lowest BCUT2D eigenvalue weighted by molar-refractivity contribution is -0.146. The van der Waals surface area contributed by atoms with Crippen molar-refractivity contribution in [2.24, 2.45) is 0 Å². The van der Waals surface area contributed by atoms with Crippen LogP contribution < -0.4 is 9.61 Å². The van der Waals surface area contributed by atoms with Gasteiger partial charge in [-0.1, -0.05) is 48.0 Å². The molecule has 0 aliphatic heterocycles. The van der Waals surface area contributed by atoms with Crippen molar-refractivity contribution in [1.29, 1.82) is 0 Å². The van der Waals surface area contributed by atoms with E-state index < -0.39 is 19.5 Å². The number of esters is 1. The Morgan fingerprint density at radius 1 is 1.24 bits per heavy atom. The van der Waals surface area contributed by atoms with Gasteiger partial charge in [-0.25, -0.2) is 5.09 Å². The summed E-state index contributed by atoms with van der Waals surface area (Å²) in [6.45, 7) is 5.02.